The molecule has 0 aliphatic rings. The molecule has 3 aromatic rings. The van der Waals surface area contributed by atoms with Crippen LogP contribution in [0.3, 0.4) is 0 Å². The summed E-state index contributed by atoms with van der Waals surface area (Å²) in [6.45, 7) is 4.76. The van der Waals surface area contributed by atoms with Crippen molar-refractivity contribution in [3.63, 3.8) is 0 Å². The number of fused-ring (bicyclic) bond motifs is 1. The van der Waals surface area contributed by atoms with Gasteiger partial charge in [0.15, 0.2) is 0 Å². The van der Waals surface area contributed by atoms with Crippen LogP contribution < -0.4 is 5.32 Å². The summed E-state index contributed by atoms with van der Waals surface area (Å²) in [7, 11) is 0. The predicted molar refractivity (Wildman–Crippen MR) is 104 cm³/mol. The maximum absolute atomic E-state index is 13.1. The minimum atomic E-state index is -0.223. The molecule has 3 rings (SSSR count). The minimum absolute atomic E-state index is 0.0923. The first-order valence-electron chi connectivity index (χ1n) is 9.17. The summed E-state index contributed by atoms with van der Waals surface area (Å²) in [4.78, 5) is 12.1. The van der Waals surface area contributed by atoms with Gasteiger partial charge in [0.25, 0.3) is 0 Å². The van der Waals surface area contributed by atoms with Gasteiger partial charge >= 0.3 is 0 Å². The van der Waals surface area contributed by atoms with Crippen LogP contribution in [0.2, 0.25) is 0 Å². The molecule has 0 spiro atoms. The Morgan fingerprint density at radius 3 is 2.62 bits per heavy atom. The van der Waals surface area contributed by atoms with E-state index in [0.29, 0.717) is 19.4 Å². The van der Waals surface area contributed by atoms with E-state index in [4.69, 9.17) is 0 Å². The molecule has 0 aliphatic heterocycles. The highest BCUT2D eigenvalue weighted by molar-refractivity contribution is 5.85. The normalized spacial score (nSPS) is 12.3. The van der Waals surface area contributed by atoms with Crippen LogP contribution in [0.25, 0.3) is 10.9 Å². The molecule has 0 bridgehead atoms. The molecular weight excluding hydrogens is 327 g/mol. The van der Waals surface area contributed by atoms with Crippen LogP contribution >= 0.6 is 0 Å². The molecule has 26 heavy (non-hydrogen) atoms. The van der Waals surface area contributed by atoms with E-state index in [1.807, 2.05) is 31.2 Å². The van der Waals surface area contributed by atoms with Gasteiger partial charge in [-0.3, -0.25) is 4.79 Å². The first kappa shape index (κ1) is 18.2. The quantitative estimate of drug-likeness (QED) is 0.658. The van der Waals surface area contributed by atoms with Crippen LogP contribution in [-0.4, -0.2) is 16.5 Å². The van der Waals surface area contributed by atoms with Gasteiger partial charge in [-0.1, -0.05) is 37.3 Å². The molecule has 136 valence electrons. The largest absolute Gasteiger partial charge is 0.354 e. The van der Waals surface area contributed by atoms with E-state index in [9.17, 15) is 9.18 Å². The van der Waals surface area contributed by atoms with E-state index in [1.54, 1.807) is 0 Å². The molecule has 0 fully saturated rings. The number of halogens is 1. The van der Waals surface area contributed by atoms with Crippen LogP contribution in [-0.2, 0) is 17.8 Å². The minimum Gasteiger partial charge on any atom is -0.354 e. The Morgan fingerprint density at radius 2 is 1.88 bits per heavy atom. The van der Waals surface area contributed by atoms with Gasteiger partial charge in [0.1, 0.15) is 5.82 Å². The van der Waals surface area contributed by atoms with Gasteiger partial charge in [0.2, 0.25) is 5.91 Å². The second-order valence-corrected chi connectivity index (χ2v) is 6.80. The highest BCUT2D eigenvalue weighted by atomic mass is 19.1. The number of rotatable bonds is 7. The van der Waals surface area contributed by atoms with Gasteiger partial charge in [0.05, 0.1) is 0 Å². The summed E-state index contributed by atoms with van der Waals surface area (Å²) < 4.78 is 15.3. The molecule has 1 N–H and O–H groups in total. The van der Waals surface area contributed by atoms with Crippen LogP contribution in [0.4, 0.5) is 4.39 Å². The fourth-order valence-electron chi connectivity index (χ4n) is 3.14. The number of amides is 1. The lowest BCUT2D eigenvalue weighted by molar-refractivity contribution is -0.121. The first-order chi connectivity index (χ1) is 12.6. The zero-order valence-corrected chi connectivity index (χ0v) is 15.3. The van der Waals surface area contributed by atoms with Crippen molar-refractivity contribution in [1.29, 1.82) is 0 Å². The maximum Gasteiger partial charge on any atom is 0.220 e. The second kappa shape index (κ2) is 8.17. The van der Waals surface area contributed by atoms with Crippen molar-refractivity contribution in [3.05, 3.63) is 71.7 Å². The van der Waals surface area contributed by atoms with Gasteiger partial charge in [0, 0.05) is 36.1 Å². The number of aromatic nitrogens is 1. The third-order valence-corrected chi connectivity index (χ3v) is 4.78. The third kappa shape index (κ3) is 4.31. The molecule has 4 heteroatoms. The maximum atomic E-state index is 13.1. The van der Waals surface area contributed by atoms with Gasteiger partial charge in [-0.2, -0.15) is 0 Å². The lowest BCUT2D eigenvalue weighted by atomic mass is 10.1. The number of hydrogen-bond donors (Lipinski definition) is 1. The van der Waals surface area contributed by atoms with Gasteiger partial charge in [-0.05, 0) is 49.1 Å². The Labute approximate surface area is 153 Å². The second-order valence-electron chi connectivity index (χ2n) is 6.80. The zero-order chi connectivity index (χ0) is 18.5. The Morgan fingerprint density at radius 1 is 1.15 bits per heavy atom. The Hall–Kier alpha value is -2.62. The number of aryl methyl sites for hydroxylation is 1. The van der Waals surface area contributed by atoms with Crippen molar-refractivity contribution in [3.8, 4) is 0 Å². The zero-order valence-electron chi connectivity index (χ0n) is 15.3. The van der Waals surface area contributed by atoms with Crippen LogP contribution in [0.15, 0.2) is 54.7 Å². The molecule has 1 heterocycles. The number of nitrogens with one attached hydrogen (secondary N) is 1. The molecule has 2 aromatic carbocycles. The molecule has 3 nitrogen and oxygen atoms in total. The number of para-hydroxylation sites is 1. The number of hydrogen-bond acceptors (Lipinski definition) is 1. The number of carbonyl (C=O) groups is 1. The Kier molecular flexibility index (Phi) is 5.71. The van der Waals surface area contributed by atoms with Crippen molar-refractivity contribution in [2.45, 2.75) is 45.7 Å². The topological polar surface area (TPSA) is 34.0 Å². The van der Waals surface area contributed by atoms with E-state index < -0.39 is 0 Å². The predicted octanol–water partition coefficient (Wildman–Crippen LogP) is 4.68. The summed E-state index contributed by atoms with van der Waals surface area (Å²) in [5.41, 5.74) is 3.35. The fraction of sp³-hybridized carbons (Fsp3) is 0.318. The Bertz CT molecular complexity index is 883. The first-order valence-corrected chi connectivity index (χ1v) is 9.17. The van der Waals surface area contributed by atoms with Crippen molar-refractivity contribution >= 4 is 16.8 Å². The van der Waals surface area contributed by atoms with E-state index in [-0.39, 0.29) is 17.8 Å². The summed E-state index contributed by atoms with van der Waals surface area (Å²) in [6, 6.07) is 15.0. The van der Waals surface area contributed by atoms with Crippen LogP contribution in [0, 0.1) is 5.82 Å². The lowest BCUT2D eigenvalue weighted by Gasteiger charge is -2.10. The highest BCUT2D eigenvalue weighted by Crippen LogP contribution is 2.23. The molecule has 1 aromatic heterocycles. The van der Waals surface area contributed by atoms with Crippen molar-refractivity contribution < 1.29 is 9.18 Å². The Balaban J connectivity index is 1.78. The molecule has 1 amide bonds. The number of benzene rings is 2. The van der Waals surface area contributed by atoms with E-state index in [2.05, 4.69) is 35.1 Å². The van der Waals surface area contributed by atoms with Crippen LogP contribution in [0.1, 0.15) is 37.8 Å². The van der Waals surface area contributed by atoms with Crippen molar-refractivity contribution in [2.24, 2.45) is 0 Å². The molecule has 0 radical (unpaired) electrons. The molecule has 1 atom stereocenters. The summed E-state index contributed by atoms with van der Waals surface area (Å²) in [6.07, 6.45) is 4.24. The van der Waals surface area contributed by atoms with E-state index >= 15 is 0 Å². The highest BCUT2D eigenvalue weighted by Gasteiger charge is 2.11. The van der Waals surface area contributed by atoms with Crippen molar-refractivity contribution in [2.75, 3.05) is 0 Å². The number of nitrogens with zero attached hydrogens (tertiary/aromatic N) is 1. The SMILES string of the molecule is CC[C@@H](C)NC(=O)CCc1cn(Cc2ccc(F)cc2)c2ccccc12. The molecule has 0 unspecified atom stereocenters. The molecular formula is C22H25FN2O. The lowest BCUT2D eigenvalue weighted by Crippen LogP contribution is -2.31. The standard InChI is InChI=1S/C22H25FN2O/c1-3-16(2)24-22(26)13-10-18-15-25(21-7-5-4-6-20(18)21)14-17-8-11-19(23)12-9-17/h4-9,11-12,15-16H,3,10,13-14H2,1-2H3,(H,24,26)/t16-/m1/s1. The summed E-state index contributed by atoms with van der Waals surface area (Å²) in [5, 5.41) is 4.19. The average molecular weight is 352 g/mol. The van der Waals surface area contributed by atoms with Crippen LogP contribution in [0.5, 0.6) is 0 Å². The smallest absolute Gasteiger partial charge is 0.220 e. The monoisotopic (exact) mass is 352 g/mol. The molecule has 0 saturated carbocycles. The average Bonchev–Trinajstić information content (AvgIpc) is 2.99. The molecule has 0 saturated heterocycles. The fourth-order valence-corrected chi connectivity index (χ4v) is 3.14. The van der Waals surface area contributed by atoms with Gasteiger partial charge in [-0.15, -0.1) is 0 Å². The van der Waals surface area contributed by atoms with E-state index in [1.165, 1.54) is 23.1 Å². The van der Waals surface area contributed by atoms with Gasteiger partial charge < -0.3 is 9.88 Å². The van der Waals surface area contributed by atoms with Crippen molar-refractivity contribution in [1.82, 2.24) is 9.88 Å². The molecule has 0 aliphatic carbocycles. The summed E-state index contributed by atoms with van der Waals surface area (Å²) in [5.74, 6) is -0.131. The number of carbonyl (C=O) groups excluding carboxylic acids is 1. The van der Waals surface area contributed by atoms with E-state index in [0.717, 1.165) is 17.5 Å². The summed E-state index contributed by atoms with van der Waals surface area (Å²) >= 11 is 0. The third-order valence-electron chi connectivity index (χ3n) is 4.78. The van der Waals surface area contributed by atoms with Gasteiger partial charge in [-0.25, -0.2) is 4.39 Å².